The fraction of sp³-hybridized carbons (Fsp3) is 0.462. The minimum absolute atomic E-state index is 0.0814. The molecular weight excluding hydrogens is 268 g/mol. The van der Waals surface area contributed by atoms with Crippen LogP contribution in [0.1, 0.15) is 5.56 Å². The van der Waals surface area contributed by atoms with Crippen molar-refractivity contribution in [1.82, 2.24) is 5.32 Å². The lowest BCUT2D eigenvalue weighted by atomic mass is 10.1. The van der Waals surface area contributed by atoms with Crippen molar-refractivity contribution in [2.75, 3.05) is 31.7 Å². The minimum atomic E-state index is -0.352. The molecule has 0 spiro atoms. The molecule has 0 radical (unpaired) electrons. The number of anilines is 1. The predicted molar refractivity (Wildman–Crippen MR) is 73.4 cm³/mol. The number of hydrogen-bond acceptors (Lipinski definition) is 4. The Kier molecular flexibility index (Phi) is 4.63. The van der Waals surface area contributed by atoms with Gasteiger partial charge < -0.3 is 20.1 Å². The maximum Gasteiger partial charge on any atom is 0.244 e. The van der Waals surface area contributed by atoms with E-state index in [2.05, 4.69) is 5.32 Å². The van der Waals surface area contributed by atoms with Gasteiger partial charge in [-0.2, -0.15) is 0 Å². The third-order valence-corrected chi connectivity index (χ3v) is 3.57. The zero-order valence-electron chi connectivity index (χ0n) is 10.7. The SMILES string of the molecule is CNC(=O)C1COCCN1c1ccc(CO)c(Cl)c1. The van der Waals surface area contributed by atoms with Gasteiger partial charge in [0.15, 0.2) is 0 Å². The second-order valence-corrected chi connectivity index (χ2v) is 4.74. The van der Waals surface area contributed by atoms with Crippen molar-refractivity contribution in [1.29, 1.82) is 0 Å². The van der Waals surface area contributed by atoms with E-state index in [1.165, 1.54) is 0 Å². The Morgan fingerprint density at radius 2 is 2.42 bits per heavy atom. The second-order valence-electron chi connectivity index (χ2n) is 4.33. The molecule has 0 aliphatic carbocycles. The van der Waals surface area contributed by atoms with Crippen molar-refractivity contribution < 1.29 is 14.6 Å². The van der Waals surface area contributed by atoms with E-state index in [0.29, 0.717) is 30.3 Å². The van der Waals surface area contributed by atoms with E-state index in [-0.39, 0.29) is 18.6 Å². The molecule has 2 rings (SSSR count). The van der Waals surface area contributed by atoms with E-state index in [4.69, 9.17) is 21.4 Å². The third kappa shape index (κ3) is 3.00. The molecule has 0 saturated carbocycles. The molecule has 5 nitrogen and oxygen atoms in total. The molecule has 1 aromatic rings. The number of rotatable bonds is 3. The highest BCUT2D eigenvalue weighted by atomic mass is 35.5. The van der Waals surface area contributed by atoms with Gasteiger partial charge in [-0.05, 0) is 17.7 Å². The number of aliphatic hydroxyl groups is 1. The standard InChI is InChI=1S/C13H17ClN2O3/c1-15-13(18)12-8-19-5-4-16(12)10-3-2-9(7-17)11(14)6-10/h2-3,6,12,17H,4-5,7-8H2,1H3,(H,15,18). The number of amides is 1. The number of carbonyl (C=O) groups excluding carboxylic acids is 1. The maximum absolute atomic E-state index is 11.9. The summed E-state index contributed by atoms with van der Waals surface area (Å²) in [5.74, 6) is -0.0814. The van der Waals surface area contributed by atoms with Gasteiger partial charge in [0, 0.05) is 24.3 Å². The first-order valence-electron chi connectivity index (χ1n) is 6.12. The molecular formula is C13H17ClN2O3. The van der Waals surface area contributed by atoms with Crippen molar-refractivity contribution >= 4 is 23.2 Å². The average molecular weight is 285 g/mol. The number of likely N-dealkylation sites (N-methyl/N-ethyl adjacent to an activating group) is 1. The van der Waals surface area contributed by atoms with Gasteiger partial charge in [-0.3, -0.25) is 4.79 Å². The smallest absolute Gasteiger partial charge is 0.244 e. The number of benzene rings is 1. The molecule has 1 aliphatic heterocycles. The normalized spacial score (nSPS) is 19.3. The number of ether oxygens (including phenoxy) is 1. The van der Waals surface area contributed by atoms with Crippen LogP contribution in [0.3, 0.4) is 0 Å². The highest BCUT2D eigenvalue weighted by molar-refractivity contribution is 6.31. The molecule has 0 aromatic heterocycles. The number of aliphatic hydroxyl groups excluding tert-OH is 1. The zero-order valence-corrected chi connectivity index (χ0v) is 11.5. The van der Waals surface area contributed by atoms with Gasteiger partial charge in [0.25, 0.3) is 0 Å². The van der Waals surface area contributed by atoms with E-state index in [0.717, 1.165) is 5.69 Å². The van der Waals surface area contributed by atoms with Crippen LogP contribution in [0.25, 0.3) is 0 Å². The fourth-order valence-corrected chi connectivity index (χ4v) is 2.37. The maximum atomic E-state index is 11.9. The van der Waals surface area contributed by atoms with Gasteiger partial charge in [0.05, 0.1) is 19.8 Å². The summed E-state index contributed by atoms with van der Waals surface area (Å²) in [6.45, 7) is 1.47. The van der Waals surface area contributed by atoms with Crippen LogP contribution in [0, 0.1) is 0 Å². The first kappa shape index (κ1) is 14.1. The Morgan fingerprint density at radius 3 is 3.05 bits per heavy atom. The molecule has 0 bridgehead atoms. The molecule has 1 aromatic carbocycles. The van der Waals surface area contributed by atoms with E-state index >= 15 is 0 Å². The Balaban J connectivity index is 2.27. The summed E-state index contributed by atoms with van der Waals surface area (Å²) >= 11 is 6.09. The van der Waals surface area contributed by atoms with Gasteiger partial charge in [-0.25, -0.2) is 0 Å². The van der Waals surface area contributed by atoms with Crippen molar-refractivity contribution in [3.63, 3.8) is 0 Å². The Hall–Kier alpha value is -1.30. The van der Waals surface area contributed by atoms with Gasteiger partial charge in [0.2, 0.25) is 5.91 Å². The Bertz CT molecular complexity index is 467. The van der Waals surface area contributed by atoms with Crippen LogP contribution in [0.15, 0.2) is 18.2 Å². The highest BCUT2D eigenvalue weighted by Crippen LogP contribution is 2.26. The molecule has 104 valence electrons. The Labute approximate surface area is 117 Å². The average Bonchev–Trinajstić information content (AvgIpc) is 2.46. The largest absolute Gasteiger partial charge is 0.392 e. The third-order valence-electron chi connectivity index (χ3n) is 3.22. The van der Waals surface area contributed by atoms with Gasteiger partial charge in [-0.1, -0.05) is 17.7 Å². The molecule has 1 aliphatic rings. The Morgan fingerprint density at radius 1 is 1.63 bits per heavy atom. The van der Waals surface area contributed by atoms with Crippen molar-refractivity contribution in [2.24, 2.45) is 0 Å². The molecule has 1 unspecified atom stereocenters. The van der Waals surface area contributed by atoms with Crippen molar-refractivity contribution in [3.05, 3.63) is 28.8 Å². The van der Waals surface area contributed by atoms with E-state index in [9.17, 15) is 4.79 Å². The number of halogens is 1. The van der Waals surface area contributed by atoms with Gasteiger partial charge in [-0.15, -0.1) is 0 Å². The quantitative estimate of drug-likeness (QED) is 0.861. The first-order chi connectivity index (χ1) is 9.17. The summed E-state index contributed by atoms with van der Waals surface area (Å²) in [4.78, 5) is 13.8. The number of morpholine rings is 1. The molecule has 6 heteroatoms. The topological polar surface area (TPSA) is 61.8 Å². The zero-order chi connectivity index (χ0) is 13.8. The van der Waals surface area contributed by atoms with Crippen LogP contribution in [0.4, 0.5) is 5.69 Å². The summed E-state index contributed by atoms with van der Waals surface area (Å²) in [6, 6.07) is 5.05. The molecule has 1 heterocycles. The summed E-state index contributed by atoms with van der Waals surface area (Å²) in [5.41, 5.74) is 1.54. The number of carbonyl (C=O) groups is 1. The molecule has 1 amide bonds. The number of nitrogens with zero attached hydrogens (tertiary/aromatic N) is 1. The van der Waals surface area contributed by atoms with Crippen LogP contribution in [0.5, 0.6) is 0 Å². The van der Waals surface area contributed by atoms with Gasteiger partial charge >= 0.3 is 0 Å². The van der Waals surface area contributed by atoms with Crippen molar-refractivity contribution in [3.8, 4) is 0 Å². The van der Waals surface area contributed by atoms with E-state index < -0.39 is 0 Å². The monoisotopic (exact) mass is 284 g/mol. The fourth-order valence-electron chi connectivity index (χ4n) is 2.14. The van der Waals surface area contributed by atoms with E-state index in [1.54, 1.807) is 19.2 Å². The lowest BCUT2D eigenvalue weighted by Crippen LogP contribution is -2.53. The molecule has 2 N–H and O–H groups in total. The van der Waals surface area contributed by atoms with E-state index in [1.807, 2.05) is 11.0 Å². The molecule has 1 atom stereocenters. The number of nitrogens with one attached hydrogen (secondary N) is 1. The summed E-state index contributed by atoms with van der Waals surface area (Å²) in [7, 11) is 1.61. The molecule has 19 heavy (non-hydrogen) atoms. The van der Waals surface area contributed by atoms with Crippen molar-refractivity contribution in [2.45, 2.75) is 12.6 Å². The van der Waals surface area contributed by atoms with Crippen LogP contribution in [-0.2, 0) is 16.1 Å². The predicted octanol–water partition coefficient (Wildman–Crippen LogP) is 0.783. The first-order valence-corrected chi connectivity index (χ1v) is 6.50. The minimum Gasteiger partial charge on any atom is -0.392 e. The molecule has 1 saturated heterocycles. The summed E-state index contributed by atoms with van der Waals surface area (Å²) in [6.07, 6.45) is 0. The second kappa shape index (κ2) is 6.23. The number of hydrogen-bond donors (Lipinski definition) is 2. The summed E-state index contributed by atoms with van der Waals surface area (Å²) in [5, 5.41) is 12.3. The lowest BCUT2D eigenvalue weighted by Gasteiger charge is -2.36. The highest BCUT2D eigenvalue weighted by Gasteiger charge is 2.29. The van der Waals surface area contributed by atoms with Crippen LogP contribution >= 0.6 is 11.6 Å². The lowest BCUT2D eigenvalue weighted by molar-refractivity contribution is -0.124. The van der Waals surface area contributed by atoms with Crippen LogP contribution < -0.4 is 10.2 Å². The van der Waals surface area contributed by atoms with Crippen LogP contribution in [-0.4, -0.2) is 43.9 Å². The van der Waals surface area contributed by atoms with Crippen LogP contribution in [0.2, 0.25) is 5.02 Å². The van der Waals surface area contributed by atoms with Gasteiger partial charge in [0.1, 0.15) is 6.04 Å². The molecule has 1 fully saturated rings. The summed E-state index contributed by atoms with van der Waals surface area (Å²) < 4.78 is 5.36.